The maximum Gasteiger partial charge on any atom is 0.126 e. The number of para-hydroxylation sites is 1. The molecular weight excluding hydrogens is 269 g/mol. The molecular formula is C17H20FNO2. The normalized spacial score (nSPS) is 10.4. The van der Waals surface area contributed by atoms with E-state index < -0.39 is 0 Å². The smallest absolute Gasteiger partial charge is 0.126 e. The molecule has 0 saturated heterocycles. The van der Waals surface area contributed by atoms with E-state index in [0.29, 0.717) is 19.0 Å². The molecule has 2 aromatic rings. The third-order valence-electron chi connectivity index (χ3n) is 3.09. The highest BCUT2D eigenvalue weighted by Gasteiger charge is 2.04. The van der Waals surface area contributed by atoms with Gasteiger partial charge in [-0.15, -0.1) is 0 Å². The lowest BCUT2D eigenvalue weighted by molar-refractivity contribution is 0.214. The van der Waals surface area contributed by atoms with Crippen molar-refractivity contribution in [2.24, 2.45) is 0 Å². The highest BCUT2D eigenvalue weighted by Crippen LogP contribution is 2.20. The zero-order valence-electron chi connectivity index (χ0n) is 12.4. The Balaban J connectivity index is 1.86. The molecule has 0 unspecified atom stereocenters. The van der Waals surface area contributed by atoms with Crippen LogP contribution < -0.4 is 14.8 Å². The van der Waals surface area contributed by atoms with Gasteiger partial charge in [0.25, 0.3) is 0 Å². The molecule has 112 valence electrons. The summed E-state index contributed by atoms with van der Waals surface area (Å²) in [6.07, 6.45) is 0. The van der Waals surface area contributed by atoms with Gasteiger partial charge >= 0.3 is 0 Å². The molecule has 0 aliphatic carbocycles. The van der Waals surface area contributed by atoms with E-state index in [1.165, 1.54) is 12.1 Å². The molecule has 0 aromatic heterocycles. The lowest BCUT2D eigenvalue weighted by Crippen LogP contribution is -2.12. The number of halogens is 1. The monoisotopic (exact) mass is 289 g/mol. The van der Waals surface area contributed by atoms with Gasteiger partial charge in [0.05, 0.1) is 0 Å². The maximum atomic E-state index is 13.1. The zero-order valence-corrected chi connectivity index (χ0v) is 12.4. The van der Waals surface area contributed by atoms with Gasteiger partial charge in [-0.2, -0.15) is 0 Å². The van der Waals surface area contributed by atoms with Crippen molar-refractivity contribution in [2.45, 2.75) is 13.5 Å². The number of hydrogen-bond acceptors (Lipinski definition) is 3. The molecule has 0 aliphatic rings. The van der Waals surface area contributed by atoms with Crippen molar-refractivity contribution >= 4 is 0 Å². The highest BCUT2D eigenvalue weighted by molar-refractivity contribution is 5.34. The molecule has 0 radical (unpaired) electrons. The summed E-state index contributed by atoms with van der Waals surface area (Å²) in [5, 5.41) is 3.10. The Morgan fingerprint density at radius 1 is 1.00 bits per heavy atom. The number of nitrogens with one attached hydrogen (secondary N) is 1. The van der Waals surface area contributed by atoms with Gasteiger partial charge < -0.3 is 14.8 Å². The first-order valence-electron chi connectivity index (χ1n) is 6.95. The van der Waals surface area contributed by atoms with Crippen LogP contribution in [0, 0.1) is 12.7 Å². The van der Waals surface area contributed by atoms with Crippen molar-refractivity contribution in [2.75, 3.05) is 20.3 Å². The first-order chi connectivity index (χ1) is 10.2. The Labute approximate surface area is 124 Å². The number of benzene rings is 2. The third-order valence-corrected chi connectivity index (χ3v) is 3.09. The lowest BCUT2D eigenvalue weighted by Gasteiger charge is -2.13. The molecule has 3 nitrogen and oxygen atoms in total. The second-order valence-electron chi connectivity index (χ2n) is 4.74. The fourth-order valence-corrected chi connectivity index (χ4v) is 2.01. The molecule has 0 bridgehead atoms. The molecule has 0 aliphatic heterocycles. The molecule has 2 aromatic carbocycles. The average Bonchev–Trinajstić information content (AvgIpc) is 2.49. The van der Waals surface area contributed by atoms with E-state index in [-0.39, 0.29) is 5.82 Å². The summed E-state index contributed by atoms with van der Waals surface area (Å²) in [4.78, 5) is 0. The minimum atomic E-state index is -0.295. The summed E-state index contributed by atoms with van der Waals surface area (Å²) in [7, 11) is 1.90. The SMILES string of the molecule is CNCc1ccccc1OCCOc1cc(F)ccc1C. The Kier molecular flexibility index (Phi) is 5.58. The van der Waals surface area contributed by atoms with Crippen LogP contribution >= 0.6 is 0 Å². The molecule has 0 fully saturated rings. The van der Waals surface area contributed by atoms with Gasteiger partial charge in [0.15, 0.2) is 0 Å². The van der Waals surface area contributed by atoms with Crippen molar-refractivity contribution in [3.8, 4) is 11.5 Å². The fraction of sp³-hybridized carbons (Fsp3) is 0.294. The predicted molar refractivity (Wildman–Crippen MR) is 81.3 cm³/mol. The predicted octanol–water partition coefficient (Wildman–Crippen LogP) is 3.31. The largest absolute Gasteiger partial charge is 0.490 e. The van der Waals surface area contributed by atoms with E-state index in [4.69, 9.17) is 9.47 Å². The van der Waals surface area contributed by atoms with Crippen molar-refractivity contribution in [1.29, 1.82) is 0 Å². The van der Waals surface area contributed by atoms with E-state index in [0.717, 1.165) is 23.4 Å². The summed E-state index contributed by atoms with van der Waals surface area (Å²) >= 11 is 0. The topological polar surface area (TPSA) is 30.5 Å². The van der Waals surface area contributed by atoms with Gasteiger partial charge in [-0.1, -0.05) is 24.3 Å². The quantitative estimate of drug-likeness (QED) is 0.793. The number of hydrogen-bond donors (Lipinski definition) is 1. The van der Waals surface area contributed by atoms with Crippen molar-refractivity contribution in [1.82, 2.24) is 5.32 Å². The van der Waals surface area contributed by atoms with E-state index >= 15 is 0 Å². The first kappa shape index (κ1) is 15.3. The second kappa shape index (κ2) is 7.64. The van der Waals surface area contributed by atoms with Crippen LogP contribution in [-0.4, -0.2) is 20.3 Å². The molecule has 4 heteroatoms. The van der Waals surface area contributed by atoms with E-state index in [1.54, 1.807) is 6.07 Å². The molecule has 1 N–H and O–H groups in total. The minimum absolute atomic E-state index is 0.295. The van der Waals surface area contributed by atoms with Crippen LogP contribution in [0.3, 0.4) is 0 Å². The first-order valence-corrected chi connectivity index (χ1v) is 6.95. The van der Waals surface area contributed by atoms with E-state index in [1.807, 2.05) is 38.2 Å². The molecule has 2 rings (SSSR count). The van der Waals surface area contributed by atoms with Gasteiger partial charge in [0.2, 0.25) is 0 Å². The van der Waals surface area contributed by atoms with Gasteiger partial charge in [-0.3, -0.25) is 0 Å². The molecule has 0 heterocycles. The highest BCUT2D eigenvalue weighted by atomic mass is 19.1. The van der Waals surface area contributed by atoms with Gasteiger partial charge in [0, 0.05) is 18.2 Å². The van der Waals surface area contributed by atoms with Crippen LogP contribution in [0.1, 0.15) is 11.1 Å². The van der Waals surface area contributed by atoms with Crippen LogP contribution in [0.4, 0.5) is 4.39 Å². The van der Waals surface area contributed by atoms with Gasteiger partial charge in [-0.05, 0) is 31.7 Å². The van der Waals surface area contributed by atoms with Gasteiger partial charge in [-0.25, -0.2) is 4.39 Å². The Morgan fingerprint density at radius 3 is 2.48 bits per heavy atom. The van der Waals surface area contributed by atoms with Crippen LogP contribution in [0.25, 0.3) is 0 Å². The van der Waals surface area contributed by atoms with E-state index in [9.17, 15) is 4.39 Å². The van der Waals surface area contributed by atoms with Crippen LogP contribution in [-0.2, 0) is 6.54 Å². The minimum Gasteiger partial charge on any atom is -0.490 e. The van der Waals surface area contributed by atoms with Crippen molar-refractivity contribution < 1.29 is 13.9 Å². The molecule has 0 atom stereocenters. The Hall–Kier alpha value is -2.07. The maximum absolute atomic E-state index is 13.1. The Morgan fingerprint density at radius 2 is 1.71 bits per heavy atom. The van der Waals surface area contributed by atoms with Crippen molar-refractivity contribution in [3.05, 3.63) is 59.4 Å². The van der Waals surface area contributed by atoms with Crippen LogP contribution in [0.2, 0.25) is 0 Å². The summed E-state index contributed by atoms with van der Waals surface area (Å²) in [5.74, 6) is 1.10. The van der Waals surface area contributed by atoms with Crippen molar-refractivity contribution in [3.63, 3.8) is 0 Å². The average molecular weight is 289 g/mol. The number of aryl methyl sites for hydroxylation is 1. The van der Waals surface area contributed by atoms with Crippen LogP contribution in [0.5, 0.6) is 11.5 Å². The summed E-state index contributed by atoms with van der Waals surface area (Å²) < 4.78 is 24.4. The molecule has 0 saturated carbocycles. The number of rotatable bonds is 7. The lowest BCUT2D eigenvalue weighted by atomic mass is 10.2. The molecule has 0 spiro atoms. The van der Waals surface area contributed by atoms with E-state index in [2.05, 4.69) is 5.32 Å². The molecule has 0 amide bonds. The summed E-state index contributed by atoms with van der Waals surface area (Å²) in [5.41, 5.74) is 2.01. The summed E-state index contributed by atoms with van der Waals surface area (Å²) in [6, 6.07) is 12.4. The summed E-state index contributed by atoms with van der Waals surface area (Å²) in [6.45, 7) is 3.42. The number of ether oxygens (including phenoxy) is 2. The second-order valence-corrected chi connectivity index (χ2v) is 4.74. The third kappa shape index (κ3) is 4.46. The Bertz CT molecular complexity index is 587. The van der Waals surface area contributed by atoms with Crippen LogP contribution in [0.15, 0.2) is 42.5 Å². The molecule has 21 heavy (non-hydrogen) atoms. The van der Waals surface area contributed by atoms with Gasteiger partial charge in [0.1, 0.15) is 30.5 Å². The standard InChI is InChI=1S/C17H20FNO2/c1-13-7-8-15(18)11-17(13)21-10-9-20-16-6-4-3-5-14(16)12-19-2/h3-8,11,19H,9-10,12H2,1-2H3. The zero-order chi connectivity index (χ0) is 15.1. The fourth-order valence-electron chi connectivity index (χ4n) is 2.01.